The van der Waals surface area contributed by atoms with Gasteiger partial charge in [-0.15, -0.1) is 11.8 Å². The van der Waals surface area contributed by atoms with Crippen LogP contribution in [0.1, 0.15) is 22.8 Å². The van der Waals surface area contributed by atoms with Gasteiger partial charge >= 0.3 is 0 Å². The number of aryl methyl sites for hydroxylation is 1. The Bertz CT molecular complexity index is 1180. The van der Waals surface area contributed by atoms with Crippen LogP contribution in [0.5, 0.6) is 5.75 Å². The minimum atomic E-state index is -0.501. The van der Waals surface area contributed by atoms with E-state index in [1.54, 1.807) is 69.5 Å². The van der Waals surface area contributed by atoms with E-state index in [-0.39, 0.29) is 17.5 Å². The number of hydrogen-bond acceptors (Lipinski definition) is 6. The zero-order valence-corrected chi connectivity index (χ0v) is 19.1. The number of amides is 2. The largest absolute Gasteiger partial charge is 0.497 e. The molecule has 0 spiro atoms. The lowest BCUT2D eigenvalue weighted by Gasteiger charge is -2.14. The number of nitrogens with zero attached hydrogens (tertiary/aromatic N) is 1. The van der Waals surface area contributed by atoms with Crippen molar-refractivity contribution in [3.63, 3.8) is 0 Å². The number of ether oxygens (including phenoxy) is 1. The SMILES string of the molecule is COc1ccc(C(=O)Nc2cccc(SC(C)C(=O)Nc3cc([N+](=O)[O-])ccc3C)c2)cc1. The molecular weight excluding hydrogens is 442 g/mol. The molecule has 170 valence electrons. The number of rotatable bonds is 8. The first-order chi connectivity index (χ1) is 15.8. The summed E-state index contributed by atoms with van der Waals surface area (Å²) in [6.45, 7) is 3.52. The molecule has 3 aromatic rings. The number of anilines is 2. The third kappa shape index (κ3) is 6.33. The maximum Gasteiger partial charge on any atom is 0.271 e. The van der Waals surface area contributed by atoms with Crippen molar-refractivity contribution >= 4 is 40.6 Å². The fraction of sp³-hybridized carbons (Fsp3) is 0.167. The average molecular weight is 466 g/mol. The van der Waals surface area contributed by atoms with Crippen LogP contribution >= 0.6 is 11.8 Å². The summed E-state index contributed by atoms with van der Waals surface area (Å²) < 4.78 is 5.10. The van der Waals surface area contributed by atoms with Crippen molar-refractivity contribution < 1.29 is 19.2 Å². The summed E-state index contributed by atoms with van der Waals surface area (Å²) in [5.74, 6) is 0.125. The zero-order chi connectivity index (χ0) is 24.0. The van der Waals surface area contributed by atoms with Gasteiger partial charge in [-0.05, 0) is 61.9 Å². The Morgan fingerprint density at radius 1 is 1.03 bits per heavy atom. The van der Waals surface area contributed by atoms with Gasteiger partial charge in [0.25, 0.3) is 11.6 Å². The number of thioether (sulfide) groups is 1. The van der Waals surface area contributed by atoms with Crippen molar-refractivity contribution in [3.8, 4) is 5.75 Å². The van der Waals surface area contributed by atoms with E-state index < -0.39 is 10.2 Å². The first kappa shape index (κ1) is 23.8. The van der Waals surface area contributed by atoms with Crippen molar-refractivity contribution in [2.24, 2.45) is 0 Å². The predicted octanol–water partition coefficient (Wildman–Crippen LogP) is 5.28. The minimum Gasteiger partial charge on any atom is -0.497 e. The Balaban J connectivity index is 1.64. The highest BCUT2D eigenvalue weighted by molar-refractivity contribution is 8.00. The summed E-state index contributed by atoms with van der Waals surface area (Å²) in [4.78, 5) is 36.5. The molecule has 0 saturated carbocycles. The van der Waals surface area contributed by atoms with Gasteiger partial charge < -0.3 is 15.4 Å². The molecule has 0 radical (unpaired) electrons. The lowest BCUT2D eigenvalue weighted by Crippen LogP contribution is -2.22. The molecule has 0 aliphatic carbocycles. The molecule has 1 unspecified atom stereocenters. The van der Waals surface area contributed by atoms with Crippen LogP contribution in [-0.4, -0.2) is 29.1 Å². The molecule has 0 fully saturated rings. The first-order valence-corrected chi connectivity index (χ1v) is 10.9. The van der Waals surface area contributed by atoms with Crippen LogP contribution in [0.4, 0.5) is 17.1 Å². The van der Waals surface area contributed by atoms with Gasteiger partial charge in [-0.2, -0.15) is 0 Å². The van der Waals surface area contributed by atoms with Gasteiger partial charge in [-0.3, -0.25) is 19.7 Å². The van der Waals surface area contributed by atoms with Gasteiger partial charge in [0.2, 0.25) is 5.91 Å². The van der Waals surface area contributed by atoms with E-state index in [2.05, 4.69) is 10.6 Å². The number of benzene rings is 3. The Hall–Kier alpha value is -3.85. The van der Waals surface area contributed by atoms with E-state index >= 15 is 0 Å². The second-order valence-corrected chi connectivity index (χ2v) is 8.63. The number of nitro benzene ring substituents is 1. The van der Waals surface area contributed by atoms with Gasteiger partial charge in [0.05, 0.1) is 23.0 Å². The number of carbonyl (C=O) groups is 2. The lowest BCUT2D eigenvalue weighted by molar-refractivity contribution is -0.384. The van der Waals surface area contributed by atoms with E-state index in [4.69, 9.17) is 4.74 Å². The second kappa shape index (κ2) is 10.6. The van der Waals surface area contributed by atoms with Gasteiger partial charge in [0, 0.05) is 28.3 Å². The number of methoxy groups -OCH3 is 1. The second-order valence-electron chi connectivity index (χ2n) is 7.22. The summed E-state index contributed by atoms with van der Waals surface area (Å²) >= 11 is 1.32. The standard InChI is InChI=1S/C24H23N3O5S/c1-15-7-10-19(27(30)31)14-22(15)26-23(28)16(2)33-21-6-4-5-18(13-21)25-24(29)17-8-11-20(32-3)12-9-17/h4-14,16H,1-3H3,(H,25,29)(H,26,28). The molecule has 0 aliphatic heterocycles. The monoisotopic (exact) mass is 465 g/mol. The van der Waals surface area contributed by atoms with Crippen LogP contribution in [0.2, 0.25) is 0 Å². The van der Waals surface area contributed by atoms with Crippen molar-refractivity contribution in [1.29, 1.82) is 0 Å². The van der Waals surface area contributed by atoms with Crippen LogP contribution in [-0.2, 0) is 4.79 Å². The maximum atomic E-state index is 12.7. The van der Waals surface area contributed by atoms with Crippen molar-refractivity contribution in [1.82, 2.24) is 0 Å². The predicted molar refractivity (Wildman–Crippen MR) is 129 cm³/mol. The van der Waals surface area contributed by atoms with Crippen LogP contribution in [0.25, 0.3) is 0 Å². The summed E-state index contributed by atoms with van der Waals surface area (Å²) in [5.41, 5.74) is 2.14. The van der Waals surface area contributed by atoms with E-state index in [1.165, 1.54) is 23.9 Å². The molecule has 0 aromatic heterocycles. The van der Waals surface area contributed by atoms with Gasteiger partial charge in [0.1, 0.15) is 5.75 Å². The molecule has 33 heavy (non-hydrogen) atoms. The topological polar surface area (TPSA) is 111 Å². The molecular formula is C24H23N3O5S. The highest BCUT2D eigenvalue weighted by atomic mass is 32.2. The van der Waals surface area contributed by atoms with E-state index in [0.29, 0.717) is 22.7 Å². The average Bonchev–Trinajstić information content (AvgIpc) is 2.80. The third-order valence-electron chi connectivity index (χ3n) is 4.82. The van der Waals surface area contributed by atoms with Crippen LogP contribution in [0, 0.1) is 17.0 Å². The smallest absolute Gasteiger partial charge is 0.271 e. The minimum absolute atomic E-state index is 0.0866. The number of hydrogen-bond donors (Lipinski definition) is 2. The summed E-state index contributed by atoms with van der Waals surface area (Å²) in [5, 5.41) is 16.1. The molecule has 0 bridgehead atoms. The molecule has 8 nitrogen and oxygen atoms in total. The lowest BCUT2D eigenvalue weighted by atomic mass is 10.2. The van der Waals surface area contributed by atoms with E-state index in [1.807, 2.05) is 6.07 Å². The van der Waals surface area contributed by atoms with Gasteiger partial charge in [0.15, 0.2) is 0 Å². The van der Waals surface area contributed by atoms with Crippen molar-refractivity contribution in [3.05, 3.63) is 88.0 Å². The van der Waals surface area contributed by atoms with Gasteiger partial charge in [-0.1, -0.05) is 12.1 Å². The maximum absolute atomic E-state index is 12.7. The van der Waals surface area contributed by atoms with E-state index in [9.17, 15) is 19.7 Å². The normalized spacial score (nSPS) is 11.4. The summed E-state index contributed by atoms with van der Waals surface area (Å²) in [6, 6.07) is 18.3. The Morgan fingerprint density at radius 2 is 1.76 bits per heavy atom. The molecule has 0 aliphatic rings. The molecule has 0 heterocycles. The summed E-state index contributed by atoms with van der Waals surface area (Å²) in [7, 11) is 1.56. The molecule has 0 saturated heterocycles. The summed E-state index contributed by atoms with van der Waals surface area (Å²) in [6.07, 6.45) is 0. The quantitative estimate of drug-likeness (QED) is 0.266. The Labute approximate surface area is 195 Å². The zero-order valence-electron chi connectivity index (χ0n) is 18.3. The van der Waals surface area contributed by atoms with E-state index in [0.717, 1.165) is 10.5 Å². The fourth-order valence-corrected chi connectivity index (χ4v) is 3.87. The molecule has 3 rings (SSSR count). The molecule has 2 amide bonds. The number of non-ortho nitro benzene ring substituents is 1. The highest BCUT2D eigenvalue weighted by Crippen LogP contribution is 2.28. The van der Waals surface area contributed by atoms with Crippen LogP contribution < -0.4 is 15.4 Å². The molecule has 1 atom stereocenters. The first-order valence-electron chi connectivity index (χ1n) is 10.0. The van der Waals surface area contributed by atoms with Crippen molar-refractivity contribution in [2.75, 3.05) is 17.7 Å². The van der Waals surface area contributed by atoms with Gasteiger partial charge in [-0.25, -0.2) is 0 Å². The fourth-order valence-electron chi connectivity index (χ4n) is 2.94. The number of nitrogens with one attached hydrogen (secondary N) is 2. The molecule has 9 heteroatoms. The Morgan fingerprint density at radius 3 is 2.42 bits per heavy atom. The van der Waals surface area contributed by atoms with Crippen LogP contribution in [0.15, 0.2) is 71.6 Å². The third-order valence-corrected chi connectivity index (χ3v) is 5.91. The highest BCUT2D eigenvalue weighted by Gasteiger charge is 2.18. The number of carbonyl (C=O) groups excluding carboxylic acids is 2. The Kier molecular flexibility index (Phi) is 7.68. The van der Waals surface area contributed by atoms with Crippen molar-refractivity contribution in [2.45, 2.75) is 24.0 Å². The molecule has 2 N–H and O–H groups in total. The molecule has 3 aromatic carbocycles. The van der Waals surface area contributed by atoms with Crippen LogP contribution in [0.3, 0.4) is 0 Å². The number of nitro groups is 1.